The number of carboxylic acid groups (broad SMARTS) is 1. The lowest BCUT2D eigenvalue weighted by molar-refractivity contribution is -0.115. The lowest BCUT2D eigenvalue weighted by Gasteiger charge is -2.05. The fourth-order valence-electron chi connectivity index (χ4n) is 1.61. The third-order valence-electron chi connectivity index (χ3n) is 2.55. The fourth-order valence-corrected chi connectivity index (χ4v) is 1.87. The summed E-state index contributed by atoms with van der Waals surface area (Å²) < 4.78 is 0.942. The van der Waals surface area contributed by atoms with Gasteiger partial charge in [0.1, 0.15) is 5.82 Å². The highest BCUT2D eigenvalue weighted by Gasteiger charge is 2.08. The molecular formula is C14H11BrN2O3. The highest BCUT2D eigenvalue weighted by molar-refractivity contribution is 9.10. The Balaban J connectivity index is 2.02. The molecule has 1 heterocycles. The highest BCUT2D eigenvalue weighted by Crippen LogP contribution is 2.12. The summed E-state index contributed by atoms with van der Waals surface area (Å²) in [5, 5.41) is 11.4. The Morgan fingerprint density at radius 2 is 1.90 bits per heavy atom. The molecule has 0 saturated carbocycles. The molecule has 0 radical (unpaired) electrons. The summed E-state index contributed by atoms with van der Waals surface area (Å²) >= 11 is 3.32. The molecule has 102 valence electrons. The zero-order valence-electron chi connectivity index (χ0n) is 10.3. The molecule has 0 spiro atoms. The van der Waals surface area contributed by atoms with E-state index in [1.165, 1.54) is 18.3 Å². The van der Waals surface area contributed by atoms with Crippen LogP contribution < -0.4 is 5.32 Å². The molecule has 6 heteroatoms. The van der Waals surface area contributed by atoms with Crippen molar-refractivity contribution in [3.05, 3.63) is 58.2 Å². The van der Waals surface area contributed by atoms with Gasteiger partial charge < -0.3 is 10.4 Å². The number of aromatic nitrogens is 1. The van der Waals surface area contributed by atoms with Gasteiger partial charge >= 0.3 is 5.97 Å². The van der Waals surface area contributed by atoms with Crippen molar-refractivity contribution in [2.24, 2.45) is 0 Å². The normalized spacial score (nSPS) is 10.1. The van der Waals surface area contributed by atoms with Crippen LogP contribution in [0.2, 0.25) is 0 Å². The molecule has 2 aromatic rings. The molecule has 0 aliphatic heterocycles. The van der Waals surface area contributed by atoms with Crippen molar-refractivity contribution >= 4 is 33.6 Å². The van der Waals surface area contributed by atoms with Crippen LogP contribution in [0.1, 0.15) is 15.9 Å². The molecule has 5 nitrogen and oxygen atoms in total. The molecule has 0 aliphatic carbocycles. The summed E-state index contributed by atoms with van der Waals surface area (Å²) in [5.41, 5.74) is 0.944. The van der Waals surface area contributed by atoms with Crippen molar-refractivity contribution < 1.29 is 14.7 Å². The van der Waals surface area contributed by atoms with E-state index in [-0.39, 0.29) is 23.7 Å². The van der Waals surface area contributed by atoms with Crippen LogP contribution in [0.15, 0.2) is 47.1 Å². The Bertz CT molecular complexity index is 641. The molecule has 1 aromatic carbocycles. The number of carbonyl (C=O) groups excluding carboxylic acids is 1. The van der Waals surface area contributed by atoms with Crippen LogP contribution in [0.5, 0.6) is 0 Å². The average Bonchev–Trinajstić information content (AvgIpc) is 2.41. The van der Waals surface area contributed by atoms with E-state index in [1.54, 1.807) is 0 Å². The topological polar surface area (TPSA) is 79.3 Å². The first-order valence-corrected chi connectivity index (χ1v) is 6.57. The first-order chi connectivity index (χ1) is 9.54. The molecule has 1 aromatic heterocycles. The first-order valence-electron chi connectivity index (χ1n) is 5.78. The Labute approximate surface area is 123 Å². The van der Waals surface area contributed by atoms with Crippen LogP contribution >= 0.6 is 15.9 Å². The minimum Gasteiger partial charge on any atom is -0.478 e. The van der Waals surface area contributed by atoms with Crippen LogP contribution in [0.3, 0.4) is 0 Å². The zero-order valence-corrected chi connectivity index (χ0v) is 11.9. The number of carbonyl (C=O) groups is 2. The molecule has 0 saturated heterocycles. The largest absolute Gasteiger partial charge is 0.478 e. The zero-order chi connectivity index (χ0) is 14.5. The summed E-state index contributed by atoms with van der Waals surface area (Å²) in [6, 6.07) is 10.1. The highest BCUT2D eigenvalue weighted by atomic mass is 79.9. The monoisotopic (exact) mass is 334 g/mol. The first kappa shape index (κ1) is 14.2. The van der Waals surface area contributed by atoms with Gasteiger partial charge in [0.2, 0.25) is 5.91 Å². The summed E-state index contributed by atoms with van der Waals surface area (Å²) in [6.07, 6.45) is 1.55. The van der Waals surface area contributed by atoms with Crippen LogP contribution in [0.25, 0.3) is 0 Å². The smallest absolute Gasteiger partial charge is 0.335 e. The third kappa shape index (κ3) is 3.89. The second-order valence-corrected chi connectivity index (χ2v) is 5.00. The van der Waals surface area contributed by atoms with E-state index in [0.29, 0.717) is 0 Å². The maximum absolute atomic E-state index is 11.8. The van der Waals surface area contributed by atoms with Crippen molar-refractivity contribution in [3.63, 3.8) is 0 Å². The van der Waals surface area contributed by atoms with Crippen molar-refractivity contribution in [2.45, 2.75) is 6.42 Å². The number of amides is 1. The molecule has 20 heavy (non-hydrogen) atoms. The Morgan fingerprint density at radius 1 is 1.20 bits per heavy atom. The molecule has 1 amide bonds. The molecule has 2 N–H and O–H groups in total. The predicted octanol–water partition coefficient (Wildman–Crippen LogP) is 2.72. The Hall–Kier alpha value is -2.21. The number of nitrogens with one attached hydrogen (secondary N) is 1. The van der Waals surface area contributed by atoms with E-state index in [4.69, 9.17) is 5.11 Å². The van der Waals surface area contributed by atoms with Crippen molar-refractivity contribution in [1.82, 2.24) is 4.98 Å². The summed E-state index contributed by atoms with van der Waals surface area (Å²) in [6.45, 7) is 0. The third-order valence-corrected chi connectivity index (χ3v) is 3.08. The van der Waals surface area contributed by atoms with Crippen molar-refractivity contribution in [3.8, 4) is 0 Å². The summed E-state index contributed by atoms with van der Waals surface area (Å²) in [4.78, 5) is 26.6. The molecule has 0 unspecified atom stereocenters. The number of anilines is 1. The van der Waals surface area contributed by atoms with E-state index in [2.05, 4.69) is 26.2 Å². The number of aromatic carboxylic acids is 1. The number of carboxylic acids is 1. The van der Waals surface area contributed by atoms with Gasteiger partial charge in [-0.3, -0.25) is 4.79 Å². The Morgan fingerprint density at radius 3 is 2.55 bits per heavy atom. The van der Waals surface area contributed by atoms with Gasteiger partial charge in [0.25, 0.3) is 0 Å². The molecule has 2 rings (SSSR count). The number of rotatable bonds is 4. The molecule has 0 atom stereocenters. The van der Waals surface area contributed by atoms with Gasteiger partial charge in [-0.1, -0.05) is 28.1 Å². The Kier molecular flexibility index (Phi) is 4.47. The fraction of sp³-hybridized carbons (Fsp3) is 0.0714. The van der Waals surface area contributed by atoms with Gasteiger partial charge in [-0.05, 0) is 29.8 Å². The maximum atomic E-state index is 11.8. The van der Waals surface area contributed by atoms with Gasteiger partial charge in [-0.25, -0.2) is 9.78 Å². The van der Waals surface area contributed by atoms with Crippen molar-refractivity contribution in [1.29, 1.82) is 0 Å². The second kappa shape index (κ2) is 6.29. The predicted molar refractivity (Wildman–Crippen MR) is 77.7 cm³/mol. The molecule has 0 aliphatic rings. The molecule has 0 fully saturated rings. The maximum Gasteiger partial charge on any atom is 0.335 e. The van der Waals surface area contributed by atoms with E-state index in [0.717, 1.165) is 10.0 Å². The SMILES string of the molecule is O=C(Cc1ccc(Br)cc1)Nc1cc(C(=O)O)ccn1. The average molecular weight is 335 g/mol. The number of pyridine rings is 1. The van der Waals surface area contributed by atoms with Gasteiger partial charge in [-0.2, -0.15) is 0 Å². The van der Waals surface area contributed by atoms with E-state index >= 15 is 0 Å². The van der Waals surface area contributed by atoms with Crippen LogP contribution in [-0.4, -0.2) is 22.0 Å². The van der Waals surface area contributed by atoms with Gasteiger partial charge in [0.05, 0.1) is 12.0 Å². The summed E-state index contributed by atoms with van der Waals surface area (Å²) in [5.74, 6) is -1.08. The number of hydrogen-bond donors (Lipinski definition) is 2. The number of benzene rings is 1. The minimum atomic E-state index is -1.06. The molecular weight excluding hydrogens is 324 g/mol. The second-order valence-electron chi connectivity index (χ2n) is 4.09. The lowest BCUT2D eigenvalue weighted by atomic mass is 10.1. The number of nitrogens with zero attached hydrogens (tertiary/aromatic N) is 1. The van der Waals surface area contributed by atoms with Gasteiger partial charge in [-0.15, -0.1) is 0 Å². The number of halogens is 1. The van der Waals surface area contributed by atoms with Crippen LogP contribution in [0, 0.1) is 0 Å². The van der Waals surface area contributed by atoms with Crippen molar-refractivity contribution in [2.75, 3.05) is 5.32 Å². The molecule has 0 bridgehead atoms. The van der Waals surface area contributed by atoms with E-state index in [9.17, 15) is 9.59 Å². The van der Waals surface area contributed by atoms with Crippen LogP contribution in [0.4, 0.5) is 5.82 Å². The van der Waals surface area contributed by atoms with E-state index in [1.807, 2.05) is 24.3 Å². The minimum absolute atomic E-state index is 0.0824. The standard InChI is InChI=1S/C14H11BrN2O3/c15-11-3-1-9(2-4-11)7-13(18)17-12-8-10(14(19)20)5-6-16-12/h1-6,8H,7H2,(H,19,20)(H,16,17,18). The quantitative estimate of drug-likeness (QED) is 0.900. The van der Waals surface area contributed by atoms with Gasteiger partial charge in [0, 0.05) is 10.7 Å². The van der Waals surface area contributed by atoms with Gasteiger partial charge in [0.15, 0.2) is 0 Å². The van der Waals surface area contributed by atoms with Crippen LogP contribution in [-0.2, 0) is 11.2 Å². The van der Waals surface area contributed by atoms with E-state index < -0.39 is 5.97 Å². The summed E-state index contributed by atoms with van der Waals surface area (Å²) in [7, 11) is 0. The lowest BCUT2D eigenvalue weighted by Crippen LogP contribution is -2.15. The number of hydrogen-bond acceptors (Lipinski definition) is 3.